The molecule has 0 saturated heterocycles. The number of aromatic nitrogens is 2. The van der Waals surface area contributed by atoms with Gasteiger partial charge in [0.05, 0.1) is 0 Å². The molecule has 0 amide bonds. The van der Waals surface area contributed by atoms with Crippen molar-refractivity contribution in [1.82, 2.24) is 9.97 Å². The van der Waals surface area contributed by atoms with E-state index in [0.29, 0.717) is 5.82 Å². The van der Waals surface area contributed by atoms with E-state index in [1.165, 1.54) is 5.56 Å². The highest BCUT2D eigenvalue weighted by atomic mass is 16.1. The average Bonchev–Trinajstić information content (AvgIpc) is 2.40. The summed E-state index contributed by atoms with van der Waals surface area (Å²) >= 11 is 0. The first-order chi connectivity index (χ1) is 9.01. The highest BCUT2D eigenvalue weighted by molar-refractivity contribution is 5.61. The fourth-order valence-electron chi connectivity index (χ4n) is 1.74. The first-order valence-corrected chi connectivity index (χ1v) is 5.83. The Balaban J connectivity index is 2.46. The van der Waals surface area contributed by atoms with Gasteiger partial charge in [-0.05, 0) is 37.1 Å². The Morgan fingerprint density at radius 3 is 2.63 bits per heavy atom. The molecule has 0 bridgehead atoms. The molecule has 5 heteroatoms. The Morgan fingerprint density at radius 1 is 1.26 bits per heavy atom. The minimum Gasteiger partial charge on any atom is -0.329 e. The van der Waals surface area contributed by atoms with Crippen LogP contribution in [0.25, 0.3) is 0 Å². The molecule has 0 spiro atoms. The van der Waals surface area contributed by atoms with Crippen LogP contribution >= 0.6 is 0 Å². The molecule has 0 fully saturated rings. The van der Waals surface area contributed by atoms with Gasteiger partial charge >= 0.3 is 5.69 Å². The predicted molar refractivity (Wildman–Crippen MR) is 73.6 cm³/mol. The Kier molecular flexibility index (Phi) is 3.34. The van der Waals surface area contributed by atoms with Crippen LogP contribution in [0.4, 0.5) is 11.5 Å². The molecule has 2 aromatic rings. The second-order valence-electron chi connectivity index (χ2n) is 4.40. The number of anilines is 2. The van der Waals surface area contributed by atoms with Crippen LogP contribution in [0.1, 0.15) is 16.8 Å². The van der Waals surface area contributed by atoms with E-state index in [1.54, 1.807) is 11.0 Å². The fraction of sp³-hybridized carbons (Fsp3) is 0.214. The van der Waals surface area contributed by atoms with Gasteiger partial charge in [-0.2, -0.15) is 10.2 Å². The molecule has 2 rings (SSSR count). The van der Waals surface area contributed by atoms with E-state index in [1.807, 2.05) is 45.2 Å². The highest BCUT2D eigenvalue weighted by Crippen LogP contribution is 2.23. The summed E-state index contributed by atoms with van der Waals surface area (Å²) in [5.41, 5.74) is 2.96. The van der Waals surface area contributed by atoms with Crippen molar-refractivity contribution >= 4 is 11.5 Å². The first kappa shape index (κ1) is 12.8. The van der Waals surface area contributed by atoms with Crippen molar-refractivity contribution in [3.05, 3.63) is 51.6 Å². The summed E-state index contributed by atoms with van der Waals surface area (Å²) in [4.78, 5) is 19.4. The lowest BCUT2D eigenvalue weighted by molar-refractivity contribution is 1.01. The van der Waals surface area contributed by atoms with Gasteiger partial charge in [0.25, 0.3) is 0 Å². The van der Waals surface area contributed by atoms with Crippen LogP contribution in [-0.2, 0) is 0 Å². The Morgan fingerprint density at radius 2 is 2.00 bits per heavy atom. The number of benzene rings is 1. The van der Waals surface area contributed by atoms with Crippen molar-refractivity contribution in [2.75, 3.05) is 11.9 Å². The van der Waals surface area contributed by atoms with Gasteiger partial charge in [-0.25, -0.2) is 4.79 Å². The molecule has 1 N–H and O–H groups in total. The molecule has 0 atom stereocenters. The molecule has 1 aromatic heterocycles. The van der Waals surface area contributed by atoms with Gasteiger partial charge in [0, 0.05) is 18.8 Å². The molecule has 1 heterocycles. The van der Waals surface area contributed by atoms with Crippen LogP contribution < -0.4 is 10.6 Å². The van der Waals surface area contributed by atoms with Gasteiger partial charge in [0.1, 0.15) is 17.6 Å². The normalized spacial score (nSPS) is 10.0. The zero-order chi connectivity index (χ0) is 14.0. The van der Waals surface area contributed by atoms with E-state index in [9.17, 15) is 4.79 Å². The quantitative estimate of drug-likeness (QED) is 0.889. The molecule has 0 aliphatic carbocycles. The van der Waals surface area contributed by atoms with E-state index in [4.69, 9.17) is 5.26 Å². The molecule has 5 nitrogen and oxygen atoms in total. The maximum atomic E-state index is 11.4. The van der Waals surface area contributed by atoms with Gasteiger partial charge in [-0.3, -0.25) is 4.98 Å². The van der Waals surface area contributed by atoms with Crippen LogP contribution in [-0.4, -0.2) is 17.0 Å². The lowest BCUT2D eigenvalue weighted by atomic mass is 10.1. The van der Waals surface area contributed by atoms with E-state index < -0.39 is 5.69 Å². The maximum absolute atomic E-state index is 11.4. The van der Waals surface area contributed by atoms with Gasteiger partial charge in [-0.1, -0.05) is 6.07 Å². The zero-order valence-electron chi connectivity index (χ0n) is 11.1. The first-order valence-electron chi connectivity index (χ1n) is 5.83. The predicted octanol–water partition coefficient (Wildman–Crippen LogP) is 2.03. The number of aryl methyl sites for hydroxylation is 2. The number of nitrogens with zero attached hydrogens (tertiary/aromatic N) is 3. The van der Waals surface area contributed by atoms with E-state index in [2.05, 4.69) is 9.97 Å². The van der Waals surface area contributed by atoms with Gasteiger partial charge in [0.15, 0.2) is 0 Å². The van der Waals surface area contributed by atoms with Crippen molar-refractivity contribution in [3.63, 3.8) is 0 Å². The summed E-state index contributed by atoms with van der Waals surface area (Å²) in [6.07, 6.45) is 0. The topological polar surface area (TPSA) is 72.8 Å². The number of nitrogens with one attached hydrogen (secondary N) is 1. The van der Waals surface area contributed by atoms with Crippen LogP contribution in [0, 0.1) is 25.2 Å². The summed E-state index contributed by atoms with van der Waals surface area (Å²) in [6, 6.07) is 9.45. The lowest BCUT2D eigenvalue weighted by Crippen LogP contribution is -2.19. The smallest absolute Gasteiger partial charge is 0.329 e. The van der Waals surface area contributed by atoms with Gasteiger partial charge < -0.3 is 4.90 Å². The SMILES string of the molecule is Cc1ccc(N(C)c2cc(C#N)[nH]c(=O)n2)cc1C. The van der Waals surface area contributed by atoms with Crippen molar-refractivity contribution in [2.45, 2.75) is 13.8 Å². The number of aromatic amines is 1. The molecule has 96 valence electrons. The highest BCUT2D eigenvalue weighted by Gasteiger charge is 2.08. The maximum Gasteiger partial charge on any atom is 0.347 e. The lowest BCUT2D eigenvalue weighted by Gasteiger charge is -2.19. The number of nitriles is 1. The van der Waals surface area contributed by atoms with Crippen molar-refractivity contribution in [1.29, 1.82) is 5.26 Å². The van der Waals surface area contributed by atoms with Crippen LogP contribution in [0.2, 0.25) is 0 Å². The zero-order valence-corrected chi connectivity index (χ0v) is 11.1. The molecular formula is C14H14N4O. The third kappa shape index (κ3) is 2.63. The van der Waals surface area contributed by atoms with Gasteiger partial charge in [0.2, 0.25) is 0 Å². The van der Waals surface area contributed by atoms with Crippen molar-refractivity contribution < 1.29 is 0 Å². The monoisotopic (exact) mass is 254 g/mol. The molecule has 0 unspecified atom stereocenters. The standard InChI is InChI=1S/C14H14N4O/c1-9-4-5-12(6-10(9)2)18(3)13-7-11(8-15)16-14(19)17-13/h4-7H,1-3H3,(H,16,17,19). The van der Waals surface area contributed by atoms with Crippen LogP contribution in [0.5, 0.6) is 0 Å². The van der Waals surface area contributed by atoms with Crippen LogP contribution in [0.3, 0.4) is 0 Å². The molecule has 0 saturated carbocycles. The average molecular weight is 254 g/mol. The number of H-pyrrole nitrogens is 1. The van der Waals surface area contributed by atoms with Crippen molar-refractivity contribution in [2.24, 2.45) is 0 Å². The Hall–Kier alpha value is -2.61. The molecule has 0 radical (unpaired) electrons. The van der Waals surface area contributed by atoms with Crippen LogP contribution in [0.15, 0.2) is 29.1 Å². The van der Waals surface area contributed by atoms with Gasteiger partial charge in [-0.15, -0.1) is 0 Å². The van der Waals surface area contributed by atoms with E-state index >= 15 is 0 Å². The minimum absolute atomic E-state index is 0.200. The Bertz CT molecular complexity index is 712. The van der Waals surface area contributed by atoms with Crippen molar-refractivity contribution in [3.8, 4) is 6.07 Å². The second-order valence-corrected chi connectivity index (χ2v) is 4.40. The third-order valence-corrected chi connectivity index (χ3v) is 3.07. The number of hydrogen-bond donors (Lipinski definition) is 1. The molecule has 0 aliphatic heterocycles. The Labute approximate surface area is 111 Å². The fourth-order valence-corrected chi connectivity index (χ4v) is 1.74. The summed E-state index contributed by atoms with van der Waals surface area (Å²) in [6.45, 7) is 4.07. The summed E-state index contributed by atoms with van der Waals surface area (Å²) in [7, 11) is 1.81. The second kappa shape index (κ2) is 4.94. The summed E-state index contributed by atoms with van der Waals surface area (Å²) < 4.78 is 0. The largest absolute Gasteiger partial charge is 0.347 e. The molecular weight excluding hydrogens is 240 g/mol. The third-order valence-electron chi connectivity index (χ3n) is 3.07. The summed E-state index contributed by atoms with van der Waals surface area (Å²) in [5, 5.41) is 8.85. The minimum atomic E-state index is -0.523. The molecule has 1 aromatic carbocycles. The number of rotatable bonds is 2. The molecule has 19 heavy (non-hydrogen) atoms. The van der Waals surface area contributed by atoms with E-state index in [-0.39, 0.29) is 5.69 Å². The number of hydrogen-bond acceptors (Lipinski definition) is 4. The molecule has 0 aliphatic rings. The van der Waals surface area contributed by atoms with E-state index in [0.717, 1.165) is 11.3 Å². The summed E-state index contributed by atoms with van der Waals surface area (Å²) in [5.74, 6) is 0.448.